The molecule has 5 rings (SSSR count). The van der Waals surface area contributed by atoms with E-state index in [-0.39, 0.29) is 12.5 Å². The summed E-state index contributed by atoms with van der Waals surface area (Å²) in [6.45, 7) is -0.319. The molecule has 0 saturated carbocycles. The molecule has 2 heterocycles. The van der Waals surface area contributed by atoms with Gasteiger partial charge in [-0.1, -0.05) is 78.3 Å². The summed E-state index contributed by atoms with van der Waals surface area (Å²) < 4.78 is 1.40. The van der Waals surface area contributed by atoms with Crippen LogP contribution >= 0.6 is 11.6 Å². The number of carbonyl (C=O) groups is 1. The number of rotatable bonds is 7. The van der Waals surface area contributed by atoms with Gasteiger partial charge in [0.05, 0.1) is 18.2 Å². The number of nitrogens with one attached hydrogen (secondary N) is 1. The average Bonchev–Trinajstić information content (AvgIpc) is 3.39. The Morgan fingerprint density at radius 1 is 0.943 bits per heavy atom. The largest absolute Gasteiger partial charge is 0.305 e. The number of aromatic amines is 1. The van der Waals surface area contributed by atoms with Crippen LogP contribution in [0.5, 0.6) is 0 Å². The molecule has 35 heavy (non-hydrogen) atoms. The number of amides is 1. The number of H-pyrrole nitrogens is 1. The van der Waals surface area contributed by atoms with E-state index in [9.17, 15) is 19.7 Å². The van der Waals surface area contributed by atoms with Crippen LogP contribution in [0.25, 0.3) is 0 Å². The Kier molecular flexibility index (Phi) is 5.74. The predicted octanol–water partition coefficient (Wildman–Crippen LogP) is 4.18. The zero-order valence-electron chi connectivity index (χ0n) is 18.5. The first-order valence-corrected chi connectivity index (χ1v) is 11.4. The molecule has 0 spiro atoms. The lowest BCUT2D eigenvalue weighted by atomic mass is 9.75. The maximum atomic E-state index is 14.5. The summed E-state index contributed by atoms with van der Waals surface area (Å²) in [4.78, 5) is 39.9. The van der Waals surface area contributed by atoms with Crippen LogP contribution in [-0.4, -0.2) is 27.2 Å². The van der Waals surface area contributed by atoms with Gasteiger partial charge in [-0.15, -0.1) is 0 Å². The maximum absolute atomic E-state index is 14.5. The molecule has 1 aliphatic heterocycles. The second-order valence-electron chi connectivity index (χ2n) is 8.41. The minimum atomic E-state index is -1.63. The van der Waals surface area contributed by atoms with Crippen molar-refractivity contribution in [3.63, 3.8) is 0 Å². The molecule has 4 aromatic rings. The molecule has 8 nitrogen and oxygen atoms in total. The summed E-state index contributed by atoms with van der Waals surface area (Å²) in [7, 11) is 0. The van der Waals surface area contributed by atoms with Gasteiger partial charge in [0.15, 0.2) is 5.54 Å². The van der Waals surface area contributed by atoms with Crippen molar-refractivity contribution in [2.24, 2.45) is 0 Å². The van der Waals surface area contributed by atoms with E-state index in [0.29, 0.717) is 21.8 Å². The van der Waals surface area contributed by atoms with Crippen LogP contribution in [0.15, 0.2) is 95.9 Å². The molecule has 9 heteroatoms. The summed E-state index contributed by atoms with van der Waals surface area (Å²) in [5.74, 6) is -1.40. The van der Waals surface area contributed by atoms with Crippen molar-refractivity contribution in [1.82, 2.24) is 9.78 Å². The molecular weight excluding hydrogens is 468 g/mol. The lowest BCUT2D eigenvalue weighted by Gasteiger charge is -2.36. The molecule has 176 valence electrons. The van der Waals surface area contributed by atoms with Gasteiger partial charge in [0, 0.05) is 27.8 Å². The van der Waals surface area contributed by atoms with Crippen LogP contribution in [0.2, 0.25) is 5.02 Å². The normalized spacial score (nSPS) is 17.9. The van der Waals surface area contributed by atoms with Crippen molar-refractivity contribution in [2.45, 2.75) is 18.0 Å². The minimum absolute atomic E-state index is 0.262. The third kappa shape index (κ3) is 3.72. The van der Waals surface area contributed by atoms with Gasteiger partial charge in [0.25, 0.3) is 11.5 Å². The number of anilines is 1. The number of aromatic nitrogens is 2. The zero-order chi connectivity index (χ0) is 24.6. The summed E-state index contributed by atoms with van der Waals surface area (Å²) in [5, 5.41) is 15.0. The zero-order valence-corrected chi connectivity index (χ0v) is 19.3. The van der Waals surface area contributed by atoms with Crippen LogP contribution < -0.4 is 10.5 Å². The van der Waals surface area contributed by atoms with E-state index in [2.05, 4.69) is 5.10 Å². The van der Waals surface area contributed by atoms with E-state index >= 15 is 0 Å². The van der Waals surface area contributed by atoms with Gasteiger partial charge in [0.1, 0.15) is 0 Å². The van der Waals surface area contributed by atoms with Crippen molar-refractivity contribution < 1.29 is 9.72 Å². The highest BCUT2D eigenvalue weighted by Crippen LogP contribution is 2.51. The molecular formula is C26H21ClN4O4. The Morgan fingerprint density at radius 3 is 2.31 bits per heavy atom. The van der Waals surface area contributed by atoms with E-state index in [4.69, 9.17) is 11.6 Å². The highest BCUT2D eigenvalue weighted by Gasteiger charge is 2.59. The Labute approximate surface area is 205 Å². The van der Waals surface area contributed by atoms with Gasteiger partial charge >= 0.3 is 0 Å². The fraction of sp³-hybridized carbons (Fsp3) is 0.154. The van der Waals surface area contributed by atoms with Crippen LogP contribution in [0, 0.1) is 10.1 Å². The van der Waals surface area contributed by atoms with Crippen LogP contribution in [0.4, 0.5) is 5.69 Å². The number of benzene rings is 3. The molecule has 3 aromatic carbocycles. The number of hydrogen-bond acceptors (Lipinski definition) is 4. The summed E-state index contributed by atoms with van der Waals surface area (Å²) in [5.41, 5.74) is 0.471. The quantitative estimate of drug-likeness (QED) is 0.311. The van der Waals surface area contributed by atoms with E-state index in [1.165, 1.54) is 16.9 Å². The maximum Gasteiger partial charge on any atom is 0.264 e. The Balaban J connectivity index is 1.81. The number of nitro groups is 1. The summed E-state index contributed by atoms with van der Waals surface area (Å²) in [6.07, 6.45) is 1.47. The number of carbonyl (C=O) groups excluding carboxylic acids is 1. The minimum Gasteiger partial charge on any atom is -0.305 e. The number of halogens is 1. The van der Waals surface area contributed by atoms with Crippen LogP contribution in [0.3, 0.4) is 0 Å². The highest BCUT2D eigenvalue weighted by atomic mass is 35.5. The monoisotopic (exact) mass is 488 g/mol. The van der Waals surface area contributed by atoms with E-state index < -0.39 is 28.5 Å². The Morgan fingerprint density at radius 2 is 1.63 bits per heavy atom. The van der Waals surface area contributed by atoms with E-state index in [0.717, 1.165) is 5.56 Å². The number of fused-ring (bicyclic) bond motifs is 1. The van der Waals surface area contributed by atoms with E-state index in [1.807, 2.05) is 42.5 Å². The molecule has 1 N–H and O–H groups in total. The average molecular weight is 489 g/mol. The molecule has 0 bridgehead atoms. The molecule has 2 atom stereocenters. The first-order valence-electron chi connectivity index (χ1n) is 11.0. The van der Waals surface area contributed by atoms with Crippen LogP contribution in [-0.2, 0) is 16.9 Å². The molecule has 0 unspecified atom stereocenters. The smallest absolute Gasteiger partial charge is 0.264 e. The standard InChI is InChI=1S/C26H21ClN4O4/c27-22-12-6-4-10-19(22)21(17-31(34)35)26(30-15-14-24(32)28-30)20-11-5-7-13-23(20)29(25(26)33)16-18-8-2-1-3-9-18/h1-15,21H,16-17H2,(H,28,32)/t21-,26-/m1/s1. The van der Waals surface area contributed by atoms with Crippen molar-refractivity contribution >= 4 is 23.2 Å². The number of para-hydroxylation sites is 1. The molecule has 0 radical (unpaired) electrons. The second kappa shape index (κ2) is 8.88. The second-order valence-corrected chi connectivity index (χ2v) is 8.82. The van der Waals surface area contributed by atoms with E-state index in [1.54, 1.807) is 41.3 Å². The third-order valence-corrected chi connectivity index (χ3v) is 6.81. The molecule has 1 amide bonds. The van der Waals surface area contributed by atoms with Gasteiger partial charge < -0.3 is 4.90 Å². The number of nitrogens with zero attached hydrogens (tertiary/aromatic N) is 3. The Hall–Kier alpha value is -4.17. The summed E-state index contributed by atoms with van der Waals surface area (Å²) >= 11 is 6.55. The van der Waals surface area contributed by atoms with Gasteiger partial charge in [-0.25, -0.2) is 0 Å². The molecule has 1 aliphatic rings. The van der Waals surface area contributed by atoms with Gasteiger partial charge in [-0.2, -0.15) is 0 Å². The van der Waals surface area contributed by atoms with Gasteiger partial charge in [-0.3, -0.25) is 29.5 Å². The van der Waals surface area contributed by atoms with Gasteiger partial charge in [0.2, 0.25) is 6.54 Å². The van der Waals surface area contributed by atoms with Gasteiger partial charge in [-0.05, 0) is 23.3 Å². The lowest BCUT2D eigenvalue weighted by Crippen LogP contribution is -2.52. The molecule has 1 aromatic heterocycles. The van der Waals surface area contributed by atoms with Crippen molar-refractivity contribution in [2.75, 3.05) is 11.4 Å². The SMILES string of the molecule is O=C1N(Cc2ccccc2)c2ccccc2[C@]1([C@H](C[N+](=O)[O-])c1ccccc1Cl)n1ccc(=O)[nH]1. The topological polar surface area (TPSA) is 101 Å². The lowest BCUT2D eigenvalue weighted by molar-refractivity contribution is -0.485. The molecule has 0 saturated heterocycles. The first kappa shape index (κ1) is 22.6. The van der Waals surface area contributed by atoms with Crippen molar-refractivity contribution in [3.05, 3.63) is 133 Å². The van der Waals surface area contributed by atoms with Crippen molar-refractivity contribution in [1.29, 1.82) is 0 Å². The fourth-order valence-corrected chi connectivity index (χ4v) is 5.29. The molecule has 0 fully saturated rings. The predicted molar refractivity (Wildman–Crippen MR) is 132 cm³/mol. The fourth-order valence-electron chi connectivity index (χ4n) is 5.03. The summed E-state index contributed by atoms with van der Waals surface area (Å²) in [6, 6.07) is 24.8. The third-order valence-electron chi connectivity index (χ3n) is 6.46. The Bertz CT molecular complexity index is 1470. The van der Waals surface area contributed by atoms with Crippen LogP contribution in [0.1, 0.15) is 22.6 Å². The molecule has 0 aliphatic carbocycles. The van der Waals surface area contributed by atoms with Crippen molar-refractivity contribution in [3.8, 4) is 0 Å². The number of hydrogen-bond donors (Lipinski definition) is 1. The first-order chi connectivity index (χ1) is 16.9. The highest BCUT2D eigenvalue weighted by molar-refractivity contribution is 6.31.